The molecule has 0 aliphatic rings. The van der Waals surface area contributed by atoms with Crippen molar-refractivity contribution in [3.8, 4) is 11.5 Å². The molecule has 0 spiro atoms. The molecule has 0 saturated heterocycles. The van der Waals surface area contributed by atoms with Gasteiger partial charge in [0.05, 0.1) is 13.7 Å². The van der Waals surface area contributed by atoms with Crippen molar-refractivity contribution in [3.05, 3.63) is 23.8 Å². The number of methoxy groups -OCH3 is 1. The zero-order valence-corrected chi connectivity index (χ0v) is 17.0. The number of rotatable bonds is 10. The summed E-state index contributed by atoms with van der Waals surface area (Å²) in [5.41, 5.74) is 0.851. The topological polar surface area (TPSA) is 64.1 Å². The molecule has 1 aromatic rings. The summed E-state index contributed by atoms with van der Waals surface area (Å²) in [6, 6.07) is 4.98. The lowest BCUT2D eigenvalue weighted by Gasteiger charge is -2.13. The van der Waals surface area contributed by atoms with Crippen molar-refractivity contribution >= 4 is 29.9 Å². The van der Waals surface area contributed by atoms with E-state index in [9.17, 15) is 8.78 Å². The Morgan fingerprint density at radius 2 is 1.92 bits per heavy atom. The van der Waals surface area contributed by atoms with Gasteiger partial charge >= 0.3 is 6.61 Å². The van der Waals surface area contributed by atoms with E-state index >= 15 is 0 Å². The minimum atomic E-state index is -2.89. The van der Waals surface area contributed by atoms with E-state index in [1.54, 1.807) is 19.2 Å². The monoisotopic (exact) mass is 473 g/mol. The number of hydrogen-bond acceptors (Lipinski definition) is 4. The minimum Gasteiger partial charge on any atom is -0.493 e. The van der Waals surface area contributed by atoms with Crippen LogP contribution in [0.15, 0.2) is 23.2 Å². The molecule has 0 amide bonds. The van der Waals surface area contributed by atoms with Crippen molar-refractivity contribution in [3.63, 3.8) is 0 Å². The van der Waals surface area contributed by atoms with E-state index < -0.39 is 6.61 Å². The van der Waals surface area contributed by atoms with Crippen LogP contribution in [-0.2, 0) is 11.2 Å². The van der Waals surface area contributed by atoms with Gasteiger partial charge in [-0.1, -0.05) is 6.07 Å². The zero-order chi connectivity index (χ0) is 17.8. The second kappa shape index (κ2) is 13.9. The van der Waals surface area contributed by atoms with Gasteiger partial charge in [-0.25, -0.2) is 0 Å². The van der Waals surface area contributed by atoms with Gasteiger partial charge in [0.15, 0.2) is 17.5 Å². The summed E-state index contributed by atoms with van der Waals surface area (Å²) in [6.45, 7) is 1.57. The molecule has 0 fully saturated rings. The molecule has 0 unspecified atom stereocenters. The molecule has 1 rings (SSSR count). The highest BCUT2D eigenvalue weighted by molar-refractivity contribution is 14.0. The third kappa shape index (κ3) is 9.63. The van der Waals surface area contributed by atoms with Crippen molar-refractivity contribution in [2.75, 3.05) is 40.5 Å². The SMILES string of the molecule is CCOCCNC(=NC)NCCc1ccc(OC)c(OC(F)F)c1.I. The Kier molecular flexibility index (Phi) is 13.1. The maximum absolute atomic E-state index is 12.4. The van der Waals surface area contributed by atoms with Crippen molar-refractivity contribution in [1.82, 2.24) is 10.6 Å². The molecule has 9 heteroatoms. The highest BCUT2D eigenvalue weighted by Crippen LogP contribution is 2.29. The van der Waals surface area contributed by atoms with Crippen molar-refractivity contribution in [2.45, 2.75) is 20.0 Å². The lowest BCUT2D eigenvalue weighted by atomic mass is 10.1. The smallest absolute Gasteiger partial charge is 0.387 e. The first-order valence-electron chi connectivity index (χ1n) is 7.74. The number of nitrogens with one attached hydrogen (secondary N) is 2. The van der Waals surface area contributed by atoms with E-state index in [2.05, 4.69) is 20.4 Å². The molecule has 0 saturated carbocycles. The standard InChI is InChI=1S/C16H25F2N3O3.HI/c1-4-23-10-9-21-16(19-2)20-8-7-12-5-6-13(22-3)14(11-12)24-15(17)18;/h5-6,11,15H,4,7-10H2,1-3H3,(H2,19,20,21);1H. The van der Waals surface area contributed by atoms with Crippen molar-refractivity contribution < 1.29 is 23.0 Å². The summed E-state index contributed by atoms with van der Waals surface area (Å²) in [4.78, 5) is 4.10. The predicted molar refractivity (Wildman–Crippen MR) is 105 cm³/mol. The fourth-order valence-electron chi connectivity index (χ4n) is 2.00. The van der Waals surface area contributed by atoms with Gasteiger partial charge in [-0.05, 0) is 31.0 Å². The summed E-state index contributed by atoms with van der Waals surface area (Å²) in [6.07, 6.45) is 0.621. The molecular weight excluding hydrogens is 447 g/mol. The third-order valence-corrected chi connectivity index (χ3v) is 3.12. The van der Waals surface area contributed by atoms with E-state index in [1.165, 1.54) is 7.11 Å². The Bertz CT molecular complexity index is 519. The van der Waals surface area contributed by atoms with Gasteiger partial charge in [-0.3, -0.25) is 4.99 Å². The summed E-state index contributed by atoms with van der Waals surface area (Å²) in [7, 11) is 3.09. The number of ether oxygens (including phenoxy) is 3. The highest BCUT2D eigenvalue weighted by atomic mass is 127. The molecule has 2 N–H and O–H groups in total. The number of alkyl halides is 2. The Morgan fingerprint density at radius 1 is 1.20 bits per heavy atom. The van der Waals surface area contributed by atoms with Crippen LogP contribution in [0.3, 0.4) is 0 Å². The largest absolute Gasteiger partial charge is 0.493 e. The molecule has 0 aliphatic carbocycles. The first-order valence-corrected chi connectivity index (χ1v) is 7.74. The molecule has 0 atom stereocenters. The number of benzene rings is 1. The fourth-order valence-corrected chi connectivity index (χ4v) is 2.00. The first-order chi connectivity index (χ1) is 11.6. The number of hydrogen-bond donors (Lipinski definition) is 2. The Labute approximate surface area is 164 Å². The molecule has 6 nitrogen and oxygen atoms in total. The minimum absolute atomic E-state index is 0. The van der Waals surface area contributed by atoms with Crippen LogP contribution in [0.1, 0.15) is 12.5 Å². The molecule has 0 aromatic heterocycles. The second-order valence-corrected chi connectivity index (χ2v) is 4.74. The maximum atomic E-state index is 12.4. The van der Waals surface area contributed by atoms with E-state index in [0.29, 0.717) is 38.7 Å². The van der Waals surface area contributed by atoms with Crippen LogP contribution in [0, 0.1) is 0 Å². The number of guanidine groups is 1. The predicted octanol–water partition coefficient (Wildman–Crippen LogP) is 2.66. The highest BCUT2D eigenvalue weighted by Gasteiger charge is 2.11. The molecule has 0 heterocycles. The first kappa shape index (κ1) is 23.6. The van der Waals surface area contributed by atoms with Gasteiger partial charge in [0.1, 0.15) is 0 Å². The second-order valence-electron chi connectivity index (χ2n) is 4.74. The lowest BCUT2D eigenvalue weighted by Crippen LogP contribution is -2.39. The molecular formula is C16H26F2IN3O3. The van der Waals surface area contributed by atoms with Gasteiger partial charge < -0.3 is 24.8 Å². The van der Waals surface area contributed by atoms with E-state index in [0.717, 1.165) is 5.56 Å². The van der Waals surface area contributed by atoms with Crippen molar-refractivity contribution in [2.24, 2.45) is 4.99 Å². The van der Waals surface area contributed by atoms with E-state index in [1.807, 2.05) is 13.0 Å². The Balaban J connectivity index is 0.00000576. The molecule has 25 heavy (non-hydrogen) atoms. The molecule has 1 aromatic carbocycles. The summed E-state index contributed by atoms with van der Waals surface area (Å²) < 4.78 is 39.6. The lowest BCUT2D eigenvalue weighted by molar-refractivity contribution is -0.0512. The summed E-state index contributed by atoms with van der Waals surface area (Å²) in [5, 5.41) is 6.26. The molecule has 0 aliphatic heterocycles. The Hall–Kier alpha value is -1.36. The normalized spacial score (nSPS) is 11.0. The molecule has 144 valence electrons. The van der Waals surface area contributed by atoms with Crippen LogP contribution in [0.5, 0.6) is 11.5 Å². The quantitative estimate of drug-likeness (QED) is 0.237. The maximum Gasteiger partial charge on any atom is 0.387 e. The molecule has 0 bridgehead atoms. The third-order valence-electron chi connectivity index (χ3n) is 3.12. The van der Waals surface area contributed by atoms with Gasteiger partial charge in [0, 0.05) is 26.7 Å². The number of nitrogens with zero attached hydrogens (tertiary/aromatic N) is 1. The average molecular weight is 473 g/mol. The Morgan fingerprint density at radius 3 is 2.52 bits per heavy atom. The van der Waals surface area contributed by atoms with Crippen LogP contribution in [-0.4, -0.2) is 53.0 Å². The van der Waals surface area contributed by atoms with Gasteiger partial charge in [-0.2, -0.15) is 8.78 Å². The zero-order valence-electron chi connectivity index (χ0n) is 14.7. The number of aliphatic imine (C=N–C) groups is 1. The van der Waals surface area contributed by atoms with Crippen LogP contribution in [0.25, 0.3) is 0 Å². The van der Waals surface area contributed by atoms with E-state index in [4.69, 9.17) is 9.47 Å². The van der Waals surface area contributed by atoms with E-state index in [-0.39, 0.29) is 35.5 Å². The molecule has 0 radical (unpaired) electrons. The fraction of sp³-hybridized carbons (Fsp3) is 0.562. The van der Waals surface area contributed by atoms with Crippen LogP contribution in [0.2, 0.25) is 0 Å². The van der Waals surface area contributed by atoms with Gasteiger partial charge in [0.25, 0.3) is 0 Å². The summed E-state index contributed by atoms with van der Waals surface area (Å²) >= 11 is 0. The van der Waals surface area contributed by atoms with Gasteiger partial charge in [-0.15, -0.1) is 24.0 Å². The average Bonchev–Trinajstić information content (AvgIpc) is 2.56. The van der Waals surface area contributed by atoms with Crippen LogP contribution in [0.4, 0.5) is 8.78 Å². The van der Waals surface area contributed by atoms with Crippen LogP contribution >= 0.6 is 24.0 Å². The van der Waals surface area contributed by atoms with Crippen LogP contribution < -0.4 is 20.1 Å². The van der Waals surface area contributed by atoms with Crippen molar-refractivity contribution in [1.29, 1.82) is 0 Å². The number of halogens is 3. The van der Waals surface area contributed by atoms with Gasteiger partial charge in [0.2, 0.25) is 0 Å². The summed E-state index contributed by atoms with van der Waals surface area (Å²) in [5.74, 6) is 0.969.